The normalized spacial score (nSPS) is 11.2. The first-order valence-electron chi connectivity index (χ1n) is 3.74. The molecule has 0 saturated heterocycles. The monoisotopic (exact) mass is 184 g/mol. The summed E-state index contributed by atoms with van der Waals surface area (Å²) in [5, 5.41) is 9.12. The van der Waals surface area contributed by atoms with Crippen molar-refractivity contribution in [2.45, 2.75) is 13.3 Å². The molecular formula is C8H12N2OS. The average Bonchev–Trinajstić information content (AvgIpc) is 2.31. The minimum absolute atomic E-state index is 0.184. The predicted molar refractivity (Wildman–Crippen MR) is 52.0 cm³/mol. The fourth-order valence-corrected chi connectivity index (χ4v) is 1.61. The van der Waals surface area contributed by atoms with Crippen molar-refractivity contribution in [2.24, 2.45) is 0 Å². The highest BCUT2D eigenvalue weighted by atomic mass is 32.1. The number of nitrogens with two attached hydrogens (primary N) is 1. The van der Waals surface area contributed by atoms with E-state index >= 15 is 0 Å². The molecule has 0 bridgehead atoms. The Kier molecular flexibility index (Phi) is 3.25. The van der Waals surface area contributed by atoms with E-state index in [0.717, 1.165) is 10.6 Å². The SMILES string of the molecule is Cc1nc(N)sc1C=CCCO. The maximum atomic E-state index is 8.53. The van der Waals surface area contributed by atoms with Crippen LogP contribution in [0.1, 0.15) is 17.0 Å². The molecule has 0 unspecified atom stereocenters. The molecule has 12 heavy (non-hydrogen) atoms. The maximum Gasteiger partial charge on any atom is 0.180 e. The topological polar surface area (TPSA) is 59.1 Å². The van der Waals surface area contributed by atoms with E-state index in [1.165, 1.54) is 11.3 Å². The van der Waals surface area contributed by atoms with Crippen LogP contribution in [0, 0.1) is 6.92 Å². The van der Waals surface area contributed by atoms with Gasteiger partial charge >= 0.3 is 0 Å². The quantitative estimate of drug-likeness (QED) is 0.747. The summed E-state index contributed by atoms with van der Waals surface area (Å²) in [4.78, 5) is 5.14. The van der Waals surface area contributed by atoms with Crippen molar-refractivity contribution in [3.63, 3.8) is 0 Å². The van der Waals surface area contributed by atoms with Crippen LogP contribution in [0.2, 0.25) is 0 Å². The minimum Gasteiger partial charge on any atom is -0.396 e. The van der Waals surface area contributed by atoms with Crippen LogP contribution >= 0.6 is 11.3 Å². The first kappa shape index (κ1) is 9.22. The van der Waals surface area contributed by atoms with Crippen LogP contribution in [0.25, 0.3) is 6.08 Å². The Hall–Kier alpha value is -0.870. The molecule has 0 aromatic carbocycles. The Bertz CT molecular complexity index is 281. The van der Waals surface area contributed by atoms with Gasteiger partial charge in [0.25, 0.3) is 0 Å². The highest BCUT2D eigenvalue weighted by Gasteiger charge is 1.99. The second-order valence-electron chi connectivity index (χ2n) is 2.42. The summed E-state index contributed by atoms with van der Waals surface area (Å²) in [6, 6.07) is 0. The second-order valence-corrected chi connectivity index (χ2v) is 3.48. The fourth-order valence-electron chi connectivity index (χ4n) is 0.849. The van der Waals surface area contributed by atoms with Crippen molar-refractivity contribution in [1.82, 2.24) is 4.98 Å². The molecule has 0 amide bonds. The van der Waals surface area contributed by atoms with E-state index < -0.39 is 0 Å². The van der Waals surface area contributed by atoms with E-state index in [-0.39, 0.29) is 6.61 Å². The largest absolute Gasteiger partial charge is 0.396 e. The van der Waals surface area contributed by atoms with E-state index in [4.69, 9.17) is 10.8 Å². The molecule has 66 valence electrons. The third-order valence-electron chi connectivity index (χ3n) is 1.41. The molecule has 0 spiro atoms. The summed E-state index contributed by atoms with van der Waals surface area (Å²) in [7, 11) is 0. The molecule has 3 nitrogen and oxygen atoms in total. The van der Waals surface area contributed by atoms with Gasteiger partial charge in [0, 0.05) is 6.61 Å². The number of rotatable bonds is 3. The summed E-state index contributed by atoms with van der Waals surface area (Å²) in [6.07, 6.45) is 4.54. The fraction of sp³-hybridized carbons (Fsp3) is 0.375. The number of thiazole rings is 1. The average molecular weight is 184 g/mol. The lowest BCUT2D eigenvalue weighted by Gasteiger charge is -1.86. The van der Waals surface area contributed by atoms with Gasteiger partial charge in [-0.3, -0.25) is 0 Å². The number of nitrogens with zero attached hydrogens (tertiary/aromatic N) is 1. The number of aliphatic hydroxyl groups excluding tert-OH is 1. The second kappa shape index (κ2) is 4.23. The van der Waals surface area contributed by atoms with Crippen molar-refractivity contribution in [3.05, 3.63) is 16.6 Å². The molecule has 0 radical (unpaired) electrons. The van der Waals surface area contributed by atoms with E-state index in [2.05, 4.69) is 4.98 Å². The Labute approximate surface area is 75.6 Å². The molecular weight excluding hydrogens is 172 g/mol. The Morgan fingerprint density at radius 3 is 2.92 bits per heavy atom. The molecule has 1 aromatic rings. The van der Waals surface area contributed by atoms with Gasteiger partial charge in [-0.25, -0.2) is 4.98 Å². The summed E-state index contributed by atoms with van der Waals surface area (Å²) >= 11 is 1.46. The number of aryl methyl sites for hydroxylation is 1. The molecule has 0 aliphatic rings. The Balaban J connectivity index is 2.68. The van der Waals surface area contributed by atoms with Gasteiger partial charge in [0.1, 0.15) is 0 Å². The van der Waals surface area contributed by atoms with Crippen LogP contribution in [0.5, 0.6) is 0 Å². The number of hydrogen-bond donors (Lipinski definition) is 2. The summed E-state index contributed by atoms with van der Waals surface area (Å²) in [6.45, 7) is 2.11. The smallest absolute Gasteiger partial charge is 0.180 e. The van der Waals surface area contributed by atoms with Gasteiger partial charge in [-0.2, -0.15) is 0 Å². The summed E-state index contributed by atoms with van der Waals surface area (Å²) < 4.78 is 0. The van der Waals surface area contributed by atoms with Gasteiger partial charge in [0.15, 0.2) is 5.13 Å². The van der Waals surface area contributed by atoms with Crippen LogP contribution < -0.4 is 5.73 Å². The first-order chi connectivity index (χ1) is 5.74. The summed E-state index contributed by atoms with van der Waals surface area (Å²) in [5.74, 6) is 0. The predicted octanol–water partition coefficient (Wildman–Crippen LogP) is 1.43. The highest BCUT2D eigenvalue weighted by molar-refractivity contribution is 7.16. The molecule has 0 atom stereocenters. The lowest BCUT2D eigenvalue weighted by molar-refractivity contribution is 0.303. The number of aromatic nitrogens is 1. The highest BCUT2D eigenvalue weighted by Crippen LogP contribution is 2.20. The third-order valence-corrected chi connectivity index (χ3v) is 2.37. The number of aliphatic hydroxyl groups is 1. The lowest BCUT2D eigenvalue weighted by atomic mass is 10.3. The van der Waals surface area contributed by atoms with Crippen LogP contribution in [-0.2, 0) is 0 Å². The first-order valence-corrected chi connectivity index (χ1v) is 4.56. The van der Waals surface area contributed by atoms with Gasteiger partial charge in [0.05, 0.1) is 10.6 Å². The van der Waals surface area contributed by atoms with Crippen molar-refractivity contribution in [2.75, 3.05) is 12.3 Å². The molecule has 1 heterocycles. The van der Waals surface area contributed by atoms with Crippen molar-refractivity contribution in [1.29, 1.82) is 0 Å². The van der Waals surface area contributed by atoms with Crippen molar-refractivity contribution in [3.8, 4) is 0 Å². The molecule has 0 fully saturated rings. The van der Waals surface area contributed by atoms with Gasteiger partial charge in [-0.1, -0.05) is 17.4 Å². The van der Waals surface area contributed by atoms with E-state index in [9.17, 15) is 0 Å². The van der Waals surface area contributed by atoms with E-state index in [0.29, 0.717) is 11.6 Å². The molecule has 3 N–H and O–H groups in total. The molecule has 1 rings (SSSR count). The van der Waals surface area contributed by atoms with Crippen molar-refractivity contribution < 1.29 is 5.11 Å². The number of nitrogen functional groups attached to an aromatic ring is 1. The molecule has 0 aliphatic heterocycles. The zero-order chi connectivity index (χ0) is 8.97. The van der Waals surface area contributed by atoms with Crippen LogP contribution in [-0.4, -0.2) is 16.7 Å². The molecule has 4 heteroatoms. The van der Waals surface area contributed by atoms with Crippen molar-refractivity contribution >= 4 is 22.5 Å². The lowest BCUT2D eigenvalue weighted by Crippen LogP contribution is -1.80. The third kappa shape index (κ3) is 2.32. The molecule has 0 saturated carbocycles. The zero-order valence-corrected chi connectivity index (χ0v) is 7.77. The Morgan fingerprint density at radius 1 is 1.67 bits per heavy atom. The maximum absolute atomic E-state index is 8.53. The van der Waals surface area contributed by atoms with Crippen LogP contribution in [0.3, 0.4) is 0 Å². The number of hydrogen-bond acceptors (Lipinski definition) is 4. The van der Waals surface area contributed by atoms with Crippen LogP contribution in [0.4, 0.5) is 5.13 Å². The number of anilines is 1. The van der Waals surface area contributed by atoms with E-state index in [1.54, 1.807) is 0 Å². The van der Waals surface area contributed by atoms with Crippen LogP contribution in [0.15, 0.2) is 6.08 Å². The zero-order valence-electron chi connectivity index (χ0n) is 6.95. The summed E-state index contributed by atoms with van der Waals surface area (Å²) in [5.41, 5.74) is 6.46. The van der Waals surface area contributed by atoms with Gasteiger partial charge in [-0.15, -0.1) is 0 Å². The van der Waals surface area contributed by atoms with Gasteiger partial charge < -0.3 is 10.8 Å². The standard InChI is InChI=1S/C8H12N2OS/c1-6-7(4-2-3-5-11)12-8(9)10-6/h2,4,11H,3,5H2,1H3,(H2,9,10). The van der Waals surface area contributed by atoms with Gasteiger partial charge in [0.2, 0.25) is 0 Å². The Morgan fingerprint density at radius 2 is 2.42 bits per heavy atom. The molecule has 1 aromatic heterocycles. The van der Waals surface area contributed by atoms with E-state index in [1.807, 2.05) is 19.1 Å². The molecule has 0 aliphatic carbocycles. The minimum atomic E-state index is 0.184. The van der Waals surface area contributed by atoms with Gasteiger partial charge in [-0.05, 0) is 19.4 Å².